The van der Waals surface area contributed by atoms with E-state index in [0.29, 0.717) is 10.6 Å². The lowest BCUT2D eigenvalue weighted by Crippen LogP contribution is -2.17. The molecule has 0 aliphatic heterocycles. The van der Waals surface area contributed by atoms with Crippen LogP contribution in [-0.2, 0) is 4.79 Å². The molecule has 0 saturated heterocycles. The van der Waals surface area contributed by atoms with Gasteiger partial charge < -0.3 is 10.2 Å². The Labute approximate surface area is 99.7 Å². The maximum absolute atomic E-state index is 11.1. The van der Waals surface area contributed by atoms with Crippen LogP contribution in [-0.4, -0.2) is 16.2 Å². The fourth-order valence-corrected chi connectivity index (χ4v) is 1.88. The van der Waals surface area contributed by atoms with Gasteiger partial charge in [-0.2, -0.15) is 0 Å². The number of carboxylic acids is 1. The van der Waals surface area contributed by atoms with Crippen LogP contribution in [0.4, 0.5) is 0 Å². The highest BCUT2D eigenvalue weighted by atomic mass is 35.5. The molecule has 1 atom stereocenters. The van der Waals surface area contributed by atoms with Gasteiger partial charge in [0, 0.05) is 10.6 Å². The summed E-state index contributed by atoms with van der Waals surface area (Å²) in [5.41, 5.74) is 1.11. The average molecular weight is 243 g/mol. The lowest BCUT2D eigenvalue weighted by Gasteiger charge is -2.18. The second kappa shape index (κ2) is 4.74. The lowest BCUT2D eigenvalue weighted by molar-refractivity contribution is -0.139. The Morgan fingerprint density at radius 3 is 2.38 bits per heavy atom. The first-order chi connectivity index (χ1) is 7.34. The van der Waals surface area contributed by atoms with Gasteiger partial charge in [-0.25, -0.2) is 0 Å². The van der Waals surface area contributed by atoms with Gasteiger partial charge in [-0.1, -0.05) is 25.4 Å². The first kappa shape index (κ1) is 12.8. The van der Waals surface area contributed by atoms with E-state index in [4.69, 9.17) is 16.7 Å². The first-order valence-corrected chi connectivity index (χ1v) is 5.44. The molecule has 1 rings (SSSR count). The summed E-state index contributed by atoms with van der Waals surface area (Å²) >= 11 is 5.94. The number of phenolic OH excluding ortho intramolecular Hbond substituents is 1. The third-order valence-corrected chi connectivity index (χ3v) is 2.98. The molecule has 1 unspecified atom stereocenters. The zero-order valence-electron chi connectivity index (χ0n) is 9.49. The van der Waals surface area contributed by atoms with Crippen molar-refractivity contribution in [3.8, 4) is 5.75 Å². The summed E-state index contributed by atoms with van der Waals surface area (Å²) in [4.78, 5) is 11.1. The van der Waals surface area contributed by atoms with E-state index in [2.05, 4.69) is 0 Å². The summed E-state index contributed by atoms with van der Waals surface area (Å²) < 4.78 is 0. The summed E-state index contributed by atoms with van der Waals surface area (Å²) in [6, 6.07) is 3.03. The Bertz CT molecular complexity index is 413. The van der Waals surface area contributed by atoms with Crippen LogP contribution in [0.25, 0.3) is 0 Å². The molecule has 0 heterocycles. The molecular weight excluding hydrogens is 228 g/mol. The molecule has 0 aliphatic carbocycles. The number of carboxylic acid groups (broad SMARTS) is 1. The normalized spacial score (nSPS) is 12.8. The Hall–Kier alpha value is -1.22. The fraction of sp³-hybridized carbons (Fsp3) is 0.417. The fourth-order valence-electron chi connectivity index (χ4n) is 1.71. The second-order valence-corrected chi connectivity index (χ2v) is 4.63. The molecule has 0 radical (unpaired) electrons. The molecule has 0 aromatic heterocycles. The van der Waals surface area contributed by atoms with Crippen molar-refractivity contribution in [1.29, 1.82) is 0 Å². The quantitative estimate of drug-likeness (QED) is 0.856. The average Bonchev–Trinajstić information content (AvgIpc) is 2.12. The summed E-state index contributed by atoms with van der Waals surface area (Å²) in [5, 5.41) is 19.4. The number of aromatic hydroxyl groups is 1. The number of carbonyl (C=O) groups is 1. The minimum Gasteiger partial charge on any atom is -0.508 e. The van der Waals surface area contributed by atoms with E-state index in [1.165, 1.54) is 12.1 Å². The molecule has 0 spiro atoms. The minimum atomic E-state index is -0.954. The highest BCUT2D eigenvalue weighted by molar-refractivity contribution is 6.31. The molecule has 4 heteroatoms. The van der Waals surface area contributed by atoms with Gasteiger partial charge in [0.15, 0.2) is 0 Å². The Kier molecular flexibility index (Phi) is 3.81. The molecule has 0 aliphatic rings. The van der Waals surface area contributed by atoms with Gasteiger partial charge in [-0.05, 0) is 30.5 Å². The van der Waals surface area contributed by atoms with Crippen LogP contribution >= 0.6 is 11.6 Å². The molecular formula is C12H15ClO3. The van der Waals surface area contributed by atoms with E-state index < -0.39 is 11.9 Å². The van der Waals surface area contributed by atoms with Gasteiger partial charge in [0.2, 0.25) is 0 Å². The summed E-state index contributed by atoms with van der Waals surface area (Å²) in [6.07, 6.45) is 0. The molecule has 16 heavy (non-hydrogen) atoms. The van der Waals surface area contributed by atoms with E-state index in [-0.39, 0.29) is 11.7 Å². The molecule has 2 N–H and O–H groups in total. The second-order valence-electron chi connectivity index (χ2n) is 4.22. The standard InChI is InChI=1S/C12H15ClO3/c1-6(2)11(12(15)16)8-5-9(13)7(3)4-10(8)14/h4-6,11,14H,1-3H3,(H,15,16). The van der Waals surface area contributed by atoms with Crippen molar-refractivity contribution >= 4 is 17.6 Å². The zero-order valence-corrected chi connectivity index (χ0v) is 10.2. The summed E-state index contributed by atoms with van der Waals surface area (Å²) in [6.45, 7) is 5.36. The predicted molar refractivity (Wildman–Crippen MR) is 63.1 cm³/mol. The molecule has 0 amide bonds. The minimum absolute atomic E-state index is 0.0111. The van der Waals surface area contributed by atoms with Gasteiger partial charge in [-0.15, -0.1) is 0 Å². The molecule has 0 bridgehead atoms. The van der Waals surface area contributed by atoms with Gasteiger partial charge in [0.1, 0.15) is 5.75 Å². The van der Waals surface area contributed by atoms with Crippen LogP contribution in [0, 0.1) is 12.8 Å². The number of aryl methyl sites for hydroxylation is 1. The van der Waals surface area contributed by atoms with Crippen LogP contribution in [0.15, 0.2) is 12.1 Å². The summed E-state index contributed by atoms with van der Waals surface area (Å²) in [5.74, 6) is -1.81. The van der Waals surface area contributed by atoms with E-state index in [1.807, 2.05) is 0 Å². The third-order valence-electron chi connectivity index (χ3n) is 2.58. The van der Waals surface area contributed by atoms with Crippen molar-refractivity contribution in [2.24, 2.45) is 5.92 Å². The Morgan fingerprint density at radius 1 is 1.38 bits per heavy atom. The number of hydrogen-bond donors (Lipinski definition) is 2. The van der Waals surface area contributed by atoms with E-state index in [0.717, 1.165) is 5.56 Å². The monoisotopic (exact) mass is 242 g/mol. The maximum Gasteiger partial charge on any atom is 0.311 e. The van der Waals surface area contributed by atoms with Crippen molar-refractivity contribution in [2.45, 2.75) is 26.7 Å². The van der Waals surface area contributed by atoms with Crippen molar-refractivity contribution in [1.82, 2.24) is 0 Å². The van der Waals surface area contributed by atoms with Crippen molar-refractivity contribution in [3.63, 3.8) is 0 Å². The maximum atomic E-state index is 11.1. The van der Waals surface area contributed by atoms with Gasteiger partial charge in [0.05, 0.1) is 5.92 Å². The van der Waals surface area contributed by atoms with Gasteiger partial charge in [-0.3, -0.25) is 4.79 Å². The van der Waals surface area contributed by atoms with Crippen LogP contribution in [0.2, 0.25) is 5.02 Å². The number of benzene rings is 1. The molecule has 88 valence electrons. The first-order valence-electron chi connectivity index (χ1n) is 5.06. The zero-order chi connectivity index (χ0) is 12.5. The SMILES string of the molecule is Cc1cc(O)c(C(C(=O)O)C(C)C)cc1Cl. The van der Waals surface area contributed by atoms with Crippen molar-refractivity contribution in [3.05, 3.63) is 28.3 Å². The van der Waals surface area contributed by atoms with E-state index >= 15 is 0 Å². The van der Waals surface area contributed by atoms with Gasteiger partial charge >= 0.3 is 5.97 Å². The smallest absolute Gasteiger partial charge is 0.311 e. The lowest BCUT2D eigenvalue weighted by atomic mass is 9.87. The topological polar surface area (TPSA) is 57.5 Å². The molecule has 1 aromatic carbocycles. The van der Waals surface area contributed by atoms with Crippen LogP contribution in [0.3, 0.4) is 0 Å². The van der Waals surface area contributed by atoms with E-state index in [9.17, 15) is 9.90 Å². The van der Waals surface area contributed by atoms with Crippen molar-refractivity contribution in [2.75, 3.05) is 0 Å². The molecule has 0 saturated carbocycles. The van der Waals surface area contributed by atoms with E-state index in [1.54, 1.807) is 20.8 Å². The number of phenols is 1. The van der Waals surface area contributed by atoms with Crippen LogP contribution in [0.5, 0.6) is 5.75 Å². The number of hydrogen-bond acceptors (Lipinski definition) is 2. The largest absolute Gasteiger partial charge is 0.508 e. The van der Waals surface area contributed by atoms with Crippen LogP contribution < -0.4 is 0 Å². The van der Waals surface area contributed by atoms with Crippen molar-refractivity contribution < 1.29 is 15.0 Å². The highest BCUT2D eigenvalue weighted by Crippen LogP contribution is 2.35. The number of aliphatic carboxylic acids is 1. The molecule has 0 fully saturated rings. The predicted octanol–water partition coefficient (Wildman–Crippen LogP) is 3.18. The molecule has 1 aromatic rings. The Balaban J connectivity index is 3.30. The number of halogens is 1. The third kappa shape index (κ3) is 2.47. The summed E-state index contributed by atoms with van der Waals surface area (Å²) in [7, 11) is 0. The highest BCUT2D eigenvalue weighted by Gasteiger charge is 2.26. The molecule has 3 nitrogen and oxygen atoms in total. The van der Waals surface area contributed by atoms with Crippen LogP contribution in [0.1, 0.15) is 30.9 Å². The number of rotatable bonds is 3. The Morgan fingerprint density at radius 2 is 1.94 bits per heavy atom. The van der Waals surface area contributed by atoms with Gasteiger partial charge in [0.25, 0.3) is 0 Å².